The molecule has 0 fully saturated rings. The average molecular weight is 404 g/mol. The van der Waals surface area contributed by atoms with Crippen molar-refractivity contribution in [1.82, 2.24) is 5.32 Å². The first kappa shape index (κ1) is 22.0. The van der Waals surface area contributed by atoms with Gasteiger partial charge in [-0.25, -0.2) is 0 Å². The fourth-order valence-electron chi connectivity index (χ4n) is 2.70. The first-order valence-corrected chi connectivity index (χ1v) is 10.5. The lowest BCUT2D eigenvalue weighted by Gasteiger charge is -2.18. The Hall–Kier alpha value is -2.34. The lowest BCUT2D eigenvalue weighted by atomic mass is 10.1. The highest BCUT2D eigenvalue weighted by Crippen LogP contribution is 2.30. The maximum absolute atomic E-state index is 12.2. The molecule has 0 saturated heterocycles. The van der Waals surface area contributed by atoms with Gasteiger partial charge >= 0.3 is 0 Å². The molecule has 1 heterocycles. The van der Waals surface area contributed by atoms with Crippen LogP contribution in [0.5, 0.6) is 11.5 Å². The van der Waals surface area contributed by atoms with Crippen LogP contribution in [0.25, 0.3) is 0 Å². The number of benzene rings is 1. The van der Waals surface area contributed by atoms with Gasteiger partial charge < -0.3 is 14.8 Å². The van der Waals surface area contributed by atoms with Crippen molar-refractivity contribution in [1.29, 1.82) is 0 Å². The Labute approximate surface area is 171 Å². The van der Waals surface area contributed by atoms with E-state index in [1.165, 1.54) is 11.3 Å². The minimum atomic E-state index is -0.159. The topological polar surface area (TPSA) is 64.6 Å². The molecule has 5 nitrogen and oxygen atoms in total. The van der Waals surface area contributed by atoms with Crippen molar-refractivity contribution in [3.63, 3.8) is 0 Å². The third-order valence-corrected chi connectivity index (χ3v) is 5.15. The minimum Gasteiger partial charge on any atom is -0.493 e. The van der Waals surface area contributed by atoms with E-state index in [4.69, 9.17) is 9.47 Å². The van der Waals surface area contributed by atoms with Crippen LogP contribution in [0.3, 0.4) is 0 Å². The molecule has 0 unspecified atom stereocenters. The number of hydrogen-bond acceptors (Lipinski definition) is 5. The number of ether oxygens (including phenoxy) is 2. The van der Waals surface area contributed by atoms with Crippen molar-refractivity contribution in [2.75, 3.05) is 13.7 Å². The van der Waals surface area contributed by atoms with E-state index in [2.05, 4.69) is 19.2 Å². The molecular weight excluding hydrogens is 374 g/mol. The summed E-state index contributed by atoms with van der Waals surface area (Å²) in [6, 6.07) is 9.22. The molecule has 0 aliphatic carbocycles. The number of methoxy groups -OCH3 is 1. The molecule has 0 aliphatic rings. The molecule has 0 radical (unpaired) electrons. The predicted molar refractivity (Wildman–Crippen MR) is 112 cm³/mol. The van der Waals surface area contributed by atoms with Crippen molar-refractivity contribution in [3.05, 3.63) is 46.2 Å². The standard InChI is InChI=1S/C22H29NO4S/c1-15(2)14-27-19-11-10-17(13-20(19)26-4)16(3)23-22(25)9-5-7-18(24)21-8-6-12-28-21/h6,8,10-13,15-16H,5,7,9,14H2,1-4H3,(H,23,25)/t16-/m1/s1. The van der Waals surface area contributed by atoms with Crippen molar-refractivity contribution in [2.45, 2.75) is 46.1 Å². The zero-order valence-corrected chi connectivity index (χ0v) is 17.8. The van der Waals surface area contributed by atoms with E-state index >= 15 is 0 Å². The van der Waals surface area contributed by atoms with Crippen LogP contribution in [-0.4, -0.2) is 25.4 Å². The van der Waals surface area contributed by atoms with Gasteiger partial charge in [0.15, 0.2) is 17.3 Å². The summed E-state index contributed by atoms with van der Waals surface area (Å²) < 4.78 is 11.2. The number of Topliss-reactive ketones (excluding diaryl/α,β-unsaturated/α-hetero) is 1. The molecule has 0 saturated carbocycles. The lowest BCUT2D eigenvalue weighted by Crippen LogP contribution is -2.26. The highest BCUT2D eigenvalue weighted by atomic mass is 32.1. The molecule has 1 aromatic heterocycles. The summed E-state index contributed by atoms with van der Waals surface area (Å²) in [6.07, 6.45) is 1.26. The highest BCUT2D eigenvalue weighted by Gasteiger charge is 2.14. The number of rotatable bonds is 11. The van der Waals surface area contributed by atoms with Crippen LogP contribution in [0.4, 0.5) is 0 Å². The minimum absolute atomic E-state index is 0.0643. The molecule has 2 rings (SSSR count). The average Bonchev–Trinajstić information content (AvgIpc) is 3.20. The molecule has 28 heavy (non-hydrogen) atoms. The van der Waals surface area contributed by atoms with Crippen molar-refractivity contribution >= 4 is 23.0 Å². The second-order valence-corrected chi connectivity index (χ2v) is 8.11. The van der Waals surface area contributed by atoms with Gasteiger partial charge in [-0.1, -0.05) is 26.0 Å². The largest absolute Gasteiger partial charge is 0.493 e. The molecule has 1 N–H and O–H groups in total. The Bertz CT molecular complexity index is 771. The fourth-order valence-corrected chi connectivity index (χ4v) is 3.39. The van der Waals surface area contributed by atoms with Gasteiger partial charge in [0.05, 0.1) is 24.6 Å². The maximum atomic E-state index is 12.2. The SMILES string of the molecule is COc1cc([C@@H](C)NC(=O)CCCC(=O)c2cccs2)ccc1OCC(C)C. The van der Waals surface area contributed by atoms with Gasteiger partial charge in [-0.2, -0.15) is 0 Å². The summed E-state index contributed by atoms with van der Waals surface area (Å²) in [5.74, 6) is 1.81. The number of carbonyl (C=O) groups excluding carboxylic acids is 2. The maximum Gasteiger partial charge on any atom is 0.220 e. The van der Waals surface area contributed by atoms with E-state index in [9.17, 15) is 9.59 Å². The molecule has 152 valence electrons. The van der Waals surface area contributed by atoms with Gasteiger partial charge in [0.2, 0.25) is 5.91 Å². The number of hydrogen-bond donors (Lipinski definition) is 1. The Kier molecular flexibility index (Phi) is 8.51. The summed E-state index contributed by atoms with van der Waals surface area (Å²) in [5.41, 5.74) is 0.941. The first-order chi connectivity index (χ1) is 13.4. The summed E-state index contributed by atoms with van der Waals surface area (Å²) in [4.78, 5) is 25.0. The molecule has 2 aromatic rings. The van der Waals surface area contributed by atoms with Crippen LogP contribution in [0.2, 0.25) is 0 Å². The van der Waals surface area contributed by atoms with Gasteiger partial charge in [0.1, 0.15) is 0 Å². The molecule has 1 atom stereocenters. The van der Waals surface area contributed by atoms with E-state index in [1.807, 2.05) is 42.6 Å². The summed E-state index contributed by atoms with van der Waals surface area (Å²) in [7, 11) is 1.61. The number of ketones is 1. The number of nitrogens with one attached hydrogen (secondary N) is 1. The van der Waals surface area contributed by atoms with Gasteiger partial charge in [-0.3, -0.25) is 9.59 Å². The fraction of sp³-hybridized carbons (Fsp3) is 0.455. The van der Waals surface area contributed by atoms with E-state index in [1.54, 1.807) is 7.11 Å². The second kappa shape index (κ2) is 10.9. The first-order valence-electron chi connectivity index (χ1n) is 9.57. The summed E-state index contributed by atoms with van der Waals surface area (Å²) in [5, 5.41) is 4.87. The molecule has 0 bridgehead atoms. The van der Waals surface area contributed by atoms with E-state index in [0.29, 0.717) is 43.3 Å². The van der Waals surface area contributed by atoms with Gasteiger partial charge in [0.25, 0.3) is 0 Å². The zero-order valence-electron chi connectivity index (χ0n) is 17.0. The monoisotopic (exact) mass is 403 g/mol. The molecule has 0 spiro atoms. The summed E-state index contributed by atoms with van der Waals surface area (Å²) >= 11 is 1.44. The Morgan fingerprint density at radius 3 is 2.54 bits per heavy atom. The summed E-state index contributed by atoms with van der Waals surface area (Å²) in [6.45, 7) is 6.73. The Morgan fingerprint density at radius 1 is 1.11 bits per heavy atom. The molecular formula is C22H29NO4S. The smallest absolute Gasteiger partial charge is 0.220 e. The van der Waals surface area contributed by atoms with Crippen LogP contribution in [-0.2, 0) is 4.79 Å². The lowest BCUT2D eigenvalue weighted by molar-refractivity contribution is -0.121. The van der Waals surface area contributed by atoms with Gasteiger partial charge in [0, 0.05) is 12.8 Å². The van der Waals surface area contributed by atoms with Crippen LogP contribution in [0, 0.1) is 5.92 Å². The van der Waals surface area contributed by atoms with Crippen molar-refractivity contribution in [3.8, 4) is 11.5 Å². The van der Waals surface area contributed by atoms with E-state index < -0.39 is 0 Å². The van der Waals surface area contributed by atoms with Gasteiger partial charge in [-0.15, -0.1) is 11.3 Å². The number of carbonyl (C=O) groups is 2. The van der Waals surface area contributed by atoms with E-state index in [0.717, 1.165) is 10.4 Å². The molecule has 6 heteroatoms. The van der Waals surface area contributed by atoms with Crippen LogP contribution >= 0.6 is 11.3 Å². The van der Waals surface area contributed by atoms with Crippen LogP contribution in [0.1, 0.15) is 61.3 Å². The molecule has 0 aliphatic heterocycles. The predicted octanol–water partition coefficient (Wildman–Crippen LogP) is 5.02. The zero-order chi connectivity index (χ0) is 20.5. The highest BCUT2D eigenvalue weighted by molar-refractivity contribution is 7.12. The molecule has 1 amide bonds. The molecule has 1 aromatic carbocycles. The second-order valence-electron chi connectivity index (χ2n) is 7.16. The quantitative estimate of drug-likeness (QED) is 0.535. The Balaban J connectivity index is 1.84. The van der Waals surface area contributed by atoms with Gasteiger partial charge in [-0.05, 0) is 48.4 Å². The van der Waals surface area contributed by atoms with Crippen LogP contribution in [0.15, 0.2) is 35.7 Å². The third-order valence-electron chi connectivity index (χ3n) is 4.24. The normalized spacial score (nSPS) is 11.9. The van der Waals surface area contributed by atoms with Crippen LogP contribution < -0.4 is 14.8 Å². The number of thiophene rings is 1. The Morgan fingerprint density at radius 2 is 1.89 bits per heavy atom. The van der Waals surface area contributed by atoms with Crippen molar-refractivity contribution in [2.24, 2.45) is 5.92 Å². The van der Waals surface area contributed by atoms with E-state index in [-0.39, 0.29) is 17.7 Å². The number of amides is 1. The third kappa shape index (κ3) is 6.68. The van der Waals surface area contributed by atoms with Crippen molar-refractivity contribution < 1.29 is 19.1 Å².